The largest absolute Gasteiger partial charge is 0.418 e. The van der Waals surface area contributed by atoms with Gasteiger partial charge >= 0.3 is 6.18 Å². The van der Waals surface area contributed by atoms with Crippen LogP contribution < -0.4 is 5.32 Å². The minimum Gasteiger partial charge on any atom is -0.378 e. The highest BCUT2D eigenvalue weighted by Gasteiger charge is 2.34. The molecule has 0 amide bonds. The second-order valence-corrected chi connectivity index (χ2v) is 5.90. The first kappa shape index (κ1) is 16.2. The lowest BCUT2D eigenvalue weighted by Crippen LogP contribution is -2.13. The van der Waals surface area contributed by atoms with E-state index in [1.807, 2.05) is 0 Å². The average Bonchev–Trinajstić information content (AvgIpc) is 2.40. The Morgan fingerprint density at radius 3 is 2.43 bits per heavy atom. The minimum absolute atomic E-state index is 0.0260. The second-order valence-electron chi connectivity index (χ2n) is 4.58. The number of alkyl halides is 3. The molecule has 0 spiro atoms. The lowest BCUT2D eigenvalue weighted by Gasteiger charge is -2.20. The molecule has 2 rings (SSSR count). The molecule has 0 saturated heterocycles. The second kappa shape index (κ2) is 6.28. The van der Waals surface area contributed by atoms with Crippen LogP contribution in [0.5, 0.6) is 0 Å². The lowest BCUT2D eigenvalue weighted by atomic mass is 10.1. The third-order valence-corrected chi connectivity index (χ3v) is 3.87. The van der Waals surface area contributed by atoms with E-state index in [0.717, 1.165) is 11.6 Å². The quantitative estimate of drug-likeness (QED) is 0.661. The topological polar surface area (TPSA) is 12.0 Å². The molecule has 0 bridgehead atoms. The van der Waals surface area contributed by atoms with E-state index in [9.17, 15) is 13.2 Å². The zero-order valence-corrected chi connectivity index (χ0v) is 13.4. The molecule has 0 radical (unpaired) electrons. The fourth-order valence-electron chi connectivity index (χ4n) is 2.01. The van der Waals surface area contributed by atoms with Gasteiger partial charge in [0.1, 0.15) is 0 Å². The van der Waals surface area contributed by atoms with Crippen LogP contribution in [0.15, 0.2) is 46.9 Å². The fraction of sp³-hybridized carbons (Fsp3) is 0.200. The molecular weight excluding hydrogens is 367 g/mol. The van der Waals surface area contributed by atoms with Crippen molar-refractivity contribution in [1.29, 1.82) is 0 Å². The van der Waals surface area contributed by atoms with Crippen LogP contribution in [0, 0.1) is 0 Å². The van der Waals surface area contributed by atoms with Crippen molar-refractivity contribution in [3.63, 3.8) is 0 Å². The molecule has 0 fully saturated rings. The molecular formula is C15H12BrClF3N. The molecule has 112 valence electrons. The van der Waals surface area contributed by atoms with Crippen molar-refractivity contribution in [2.45, 2.75) is 19.1 Å². The zero-order chi connectivity index (χ0) is 15.6. The van der Waals surface area contributed by atoms with Crippen LogP contribution in [-0.4, -0.2) is 0 Å². The zero-order valence-electron chi connectivity index (χ0n) is 11.0. The summed E-state index contributed by atoms with van der Waals surface area (Å²) in [5, 5.41) is 3.39. The molecule has 1 unspecified atom stereocenters. The van der Waals surface area contributed by atoms with Gasteiger partial charge in [-0.05, 0) is 36.8 Å². The summed E-state index contributed by atoms with van der Waals surface area (Å²) in [5.74, 6) is 0. The molecule has 1 atom stereocenters. The van der Waals surface area contributed by atoms with Crippen LogP contribution in [0.1, 0.15) is 24.1 Å². The van der Waals surface area contributed by atoms with Crippen LogP contribution in [-0.2, 0) is 6.18 Å². The van der Waals surface area contributed by atoms with Crippen LogP contribution in [0.2, 0.25) is 5.02 Å². The van der Waals surface area contributed by atoms with Gasteiger partial charge in [-0.2, -0.15) is 13.2 Å². The molecule has 2 aromatic rings. The highest BCUT2D eigenvalue weighted by atomic mass is 79.9. The van der Waals surface area contributed by atoms with Crippen molar-refractivity contribution in [3.8, 4) is 0 Å². The summed E-state index contributed by atoms with van der Waals surface area (Å²) in [6.45, 7) is 1.77. The predicted molar refractivity (Wildman–Crippen MR) is 82.6 cm³/mol. The molecule has 21 heavy (non-hydrogen) atoms. The summed E-state index contributed by atoms with van der Waals surface area (Å²) in [5.41, 5.74) is 0.0594. The molecule has 0 aliphatic rings. The number of benzene rings is 2. The summed E-state index contributed by atoms with van der Waals surface area (Å²) < 4.78 is 39.6. The van der Waals surface area contributed by atoms with E-state index in [0.29, 0.717) is 9.50 Å². The first-order chi connectivity index (χ1) is 9.79. The Kier molecular flexibility index (Phi) is 4.84. The number of nitrogens with one attached hydrogen (secondary N) is 1. The molecule has 2 aromatic carbocycles. The number of anilines is 1. The Labute approximate surface area is 134 Å². The van der Waals surface area contributed by atoms with Gasteiger partial charge in [0.25, 0.3) is 0 Å². The molecule has 0 saturated carbocycles. The Morgan fingerprint density at radius 2 is 1.81 bits per heavy atom. The maximum atomic E-state index is 13.1. The van der Waals surface area contributed by atoms with Gasteiger partial charge in [-0.3, -0.25) is 0 Å². The van der Waals surface area contributed by atoms with Crippen LogP contribution in [0.4, 0.5) is 18.9 Å². The van der Waals surface area contributed by atoms with E-state index >= 15 is 0 Å². The van der Waals surface area contributed by atoms with E-state index < -0.39 is 11.7 Å². The van der Waals surface area contributed by atoms with Crippen molar-refractivity contribution in [3.05, 3.63) is 63.1 Å². The summed E-state index contributed by atoms with van der Waals surface area (Å²) in [6.07, 6.45) is -4.42. The Bertz CT molecular complexity index is 643. The van der Waals surface area contributed by atoms with Gasteiger partial charge in [0.05, 0.1) is 11.6 Å². The van der Waals surface area contributed by atoms with Gasteiger partial charge in [-0.1, -0.05) is 45.7 Å². The summed E-state index contributed by atoms with van der Waals surface area (Å²) in [6, 6.07) is 10.7. The van der Waals surface area contributed by atoms with Gasteiger partial charge in [0.2, 0.25) is 0 Å². The molecule has 0 aliphatic heterocycles. The Hall–Kier alpha value is -1.20. The number of hydrogen-bond acceptors (Lipinski definition) is 1. The average molecular weight is 379 g/mol. The molecule has 0 aliphatic carbocycles. The summed E-state index contributed by atoms with van der Waals surface area (Å²) in [7, 11) is 0. The number of rotatable bonds is 3. The van der Waals surface area contributed by atoms with Gasteiger partial charge in [-0.15, -0.1) is 0 Å². The molecule has 1 N–H and O–H groups in total. The van der Waals surface area contributed by atoms with Crippen molar-refractivity contribution in [1.82, 2.24) is 0 Å². The maximum absolute atomic E-state index is 13.1. The first-order valence-corrected chi connectivity index (χ1v) is 7.34. The van der Waals surface area contributed by atoms with Gasteiger partial charge in [0.15, 0.2) is 0 Å². The van der Waals surface area contributed by atoms with Crippen LogP contribution >= 0.6 is 27.5 Å². The Balaban J connectivity index is 2.34. The monoisotopic (exact) mass is 377 g/mol. The van der Waals surface area contributed by atoms with Crippen molar-refractivity contribution >= 4 is 33.2 Å². The van der Waals surface area contributed by atoms with Gasteiger partial charge in [-0.25, -0.2) is 0 Å². The van der Waals surface area contributed by atoms with Crippen LogP contribution in [0.25, 0.3) is 0 Å². The highest BCUT2D eigenvalue weighted by molar-refractivity contribution is 9.10. The SMILES string of the molecule is CC(Nc1ccc(Br)cc1C(F)(F)F)c1ccccc1Cl. The van der Waals surface area contributed by atoms with Crippen LogP contribution in [0.3, 0.4) is 0 Å². The number of halogens is 5. The van der Waals surface area contributed by atoms with E-state index in [4.69, 9.17) is 11.6 Å². The smallest absolute Gasteiger partial charge is 0.378 e. The van der Waals surface area contributed by atoms with E-state index in [1.165, 1.54) is 6.07 Å². The van der Waals surface area contributed by atoms with Crippen molar-refractivity contribution in [2.24, 2.45) is 0 Å². The molecule has 1 nitrogen and oxygen atoms in total. The molecule has 0 heterocycles. The molecule has 0 aromatic heterocycles. The standard InChI is InChI=1S/C15H12BrClF3N/c1-9(11-4-2-3-5-13(11)17)21-14-7-6-10(16)8-12(14)15(18,19)20/h2-9,21H,1H3. The van der Waals surface area contributed by atoms with Crippen molar-refractivity contribution in [2.75, 3.05) is 5.32 Å². The Morgan fingerprint density at radius 1 is 1.14 bits per heavy atom. The third kappa shape index (κ3) is 3.92. The molecule has 6 heteroatoms. The number of hydrogen-bond donors (Lipinski definition) is 1. The summed E-state index contributed by atoms with van der Waals surface area (Å²) in [4.78, 5) is 0. The highest BCUT2D eigenvalue weighted by Crippen LogP contribution is 2.38. The lowest BCUT2D eigenvalue weighted by molar-refractivity contribution is -0.137. The fourth-order valence-corrected chi connectivity index (χ4v) is 2.67. The summed E-state index contributed by atoms with van der Waals surface area (Å²) >= 11 is 9.13. The van der Waals surface area contributed by atoms with E-state index in [1.54, 1.807) is 37.3 Å². The minimum atomic E-state index is -4.42. The predicted octanol–water partition coefficient (Wildman–Crippen LogP) is 6.29. The third-order valence-electron chi connectivity index (χ3n) is 3.03. The normalized spacial score (nSPS) is 13.0. The first-order valence-electron chi connectivity index (χ1n) is 6.16. The van der Waals surface area contributed by atoms with Crippen molar-refractivity contribution < 1.29 is 13.2 Å². The van der Waals surface area contributed by atoms with E-state index in [2.05, 4.69) is 21.2 Å². The van der Waals surface area contributed by atoms with Gasteiger partial charge in [0, 0.05) is 15.2 Å². The maximum Gasteiger partial charge on any atom is 0.418 e. The van der Waals surface area contributed by atoms with Gasteiger partial charge < -0.3 is 5.32 Å². The van der Waals surface area contributed by atoms with E-state index in [-0.39, 0.29) is 11.7 Å².